The maximum atomic E-state index is 11.6. The second kappa shape index (κ2) is 8.75. The summed E-state index contributed by atoms with van der Waals surface area (Å²) >= 11 is 0. The molecule has 0 N–H and O–H groups in total. The summed E-state index contributed by atoms with van der Waals surface area (Å²) in [6.45, 7) is 12.9. The fourth-order valence-corrected chi connectivity index (χ4v) is 9.02. The molecule has 1 aliphatic heterocycles. The number of benzene rings is 2. The van der Waals surface area contributed by atoms with Crippen molar-refractivity contribution in [2.24, 2.45) is 5.92 Å². The molecule has 2 aromatic carbocycles. The standard InChI is InChI=1S/C25H34O4Si/c1-19-22(17-26)28-25(5,6)29-23(19)18-27-30(24(2,3)4,20-13-9-7-10-14-20)21-15-11-8-12-16-21/h7-17,19,22-23H,18H2,1-6H3/t19-,22+,23-/m1/s1. The molecule has 4 nitrogen and oxygen atoms in total. The van der Waals surface area contributed by atoms with Crippen molar-refractivity contribution in [3.05, 3.63) is 60.7 Å². The molecule has 0 aromatic heterocycles. The van der Waals surface area contributed by atoms with Crippen LogP contribution in [0.5, 0.6) is 0 Å². The van der Waals surface area contributed by atoms with Crippen LogP contribution in [-0.4, -0.2) is 39.2 Å². The lowest BCUT2D eigenvalue weighted by Gasteiger charge is -2.47. The molecule has 30 heavy (non-hydrogen) atoms. The van der Waals surface area contributed by atoms with Gasteiger partial charge in [-0.1, -0.05) is 88.4 Å². The van der Waals surface area contributed by atoms with Crippen LogP contribution in [0.25, 0.3) is 0 Å². The van der Waals surface area contributed by atoms with Gasteiger partial charge in [0.05, 0.1) is 12.7 Å². The molecule has 0 saturated carbocycles. The SMILES string of the molecule is C[C@@H]1[C@H](C=O)OC(C)(C)O[C@@H]1CO[Si](c1ccccc1)(c1ccccc1)C(C)(C)C. The van der Waals surface area contributed by atoms with Gasteiger partial charge in [-0.3, -0.25) is 0 Å². The third-order valence-electron chi connectivity index (χ3n) is 5.97. The Bertz CT molecular complexity index is 790. The first kappa shape index (κ1) is 22.9. The van der Waals surface area contributed by atoms with Crippen LogP contribution in [0.2, 0.25) is 5.04 Å². The molecular weight excluding hydrogens is 392 g/mol. The minimum atomic E-state index is -2.65. The fraction of sp³-hybridized carbons (Fsp3) is 0.480. The van der Waals surface area contributed by atoms with E-state index >= 15 is 0 Å². The number of hydrogen-bond donors (Lipinski definition) is 0. The fourth-order valence-electron chi connectivity index (χ4n) is 4.45. The van der Waals surface area contributed by atoms with Crippen molar-refractivity contribution in [3.8, 4) is 0 Å². The zero-order valence-corrected chi connectivity index (χ0v) is 19.9. The quantitative estimate of drug-likeness (QED) is 0.519. The highest BCUT2D eigenvalue weighted by Gasteiger charge is 2.51. The normalized spacial score (nSPS) is 24.4. The summed E-state index contributed by atoms with van der Waals surface area (Å²) < 4.78 is 19.0. The highest BCUT2D eigenvalue weighted by atomic mass is 28.4. The maximum Gasteiger partial charge on any atom is 0.261 e. The molecule has 3 rings (SSSR count). The summed E-state index contributed by atoms with van der Waals surface area (Å²) in [6.07, 6.45) is 0.150. The van der Waals surface area contributed by atoms with E-state index in [1.165, 1.54) is 10.4 Å². The van der Waals surface area contributed by atoms with Gasteiger partial charge in [0.15, 0.2) is 5.79 Å². The van der Waals surface area contributed by atoms with Gasteiger partial charge < -0.3 is 18.7 Å². The lowest BCUT2D eigenvalue weighted by atomic mass is 9.97. The Morgan fingerprint density at radius 3 is 1.90 bits per heavy atom. The summed E-state index contributed by atoms with van der Waals surface area (Å²) in [7, 11) is -2.65. The monoisotopic (exact) mass is 426 g/mol. The van der Waals surface area contributed by atoms with E-state index in [4.69, 9.17) is 13.9 Å². The van der Waals surface area contributed by atoms with Gasteiger partial charge in [-0.15, -0.1) is 0 Å². The highest BCUT2D eigenvalue weighted by Crippen LogP contribution is 2.38. The minimum absolute atomic E-state index is 0.0891. The average Bonchev–Trinajstić information content (AvgIpc) is 2.71. The van der Waals surface area contributed by atoms with Crippen LogP contribution in [-0.2, 0) is 18.7 Å². The Hall–Kier alpha value is -1.79. The first-order valence-electron chi connectivity index (χ1n) is 10.7. The van der Waals surface area contributed by atoms with Crippen molar-refractivity contribution >= 4 is 25.0 Å². The zero-order chi connectivity index (χ0) is 22.0. The minimum Gasteiger partial charge on any atom is -0.405 e. The summed E-state index contributed by atoms with van der Waals surface area (Å²) in [5, 5.41) is 2.35. The van der Waals surface area contributed by atoms with E-state index in [2.05, 4.69) is 69.3 Å². The van der Waals surface area contributed by atoms with Gasteiger partial charge in [0.2, 0.25) is 0 Å². The molecule has 0 aliphatic carbocycles. The van der Waals surface area contributed by atoms with E-state index in [0.717, 1.165) is 6.29 Å². The lowest BCUT2D eigenvalue weighted by molar-refractivity contribution is -0.312. The van der Waals surface area contributed by atoms with E-state index in [1.54, 1.807) is 0 Å². The number of carbonyl (C=O) groups is 1. The van der Waals surface area contributed by atoms with Crippen LogP contribution in [0.4, 0.5) is 0 Å². The van der Waals surface area contributed by atoms with Gasteiger partial charge in [0, 0.05) is 5.92 Å². The Morgan fingerprint density at radius 2 is 1.47 bits per heavy atom. The number of ether oxygens (including phenoxy) is 2. The molecular formula is C25H34O4Si. The molecule has 0 unspecified atom stereocenters. The van der Waals surface area contributed by atoms with Gasteiger partial charge in [-0.2, -0.15) is 0 Å². The molecule has 2 aromatic rings. The van der Waals surface area contributed by atoms with Gasteiger partial charge in [0.1, 0.15) is 12.4 Å². The molecule has 0 spiro atoms. The van der Waals surface area contributed by atoms with Crippen molar-refractivity contribution < 1.29 is 18.7 Å². The second-order valence-electron chi connectivity index (χ2n) is 9.61. The van der Waals surface area contributed by atoms with E-state index < -0.39 is 20.2 Å². The predicted molar refractivity (Wildman–Crippen MR) is 123 cm³/mol. The van der Waals surface area contributed by atoms with Crippen molar-refractivity contribution in [2.45, 2.75) is 64.6 Å². The summed E-state index contributed by atoms with van der Waals surface area (Å²) in [5.41, 5.74) is 0. The lowest BCUT2D eigenvalue weighted by Crippen LogP contribution is -2.67. The number of aldehydes is 1. The molecule has 1 heterocycles. The van der Waals surface area contributed by atoms with E-state index in [0.29, 0.717) is 6.61 Å². The van der Waals surface area contributed by atoms with Gasteiger partial charge in [0.25, 0.3) is 8.32 Å². The molecule has 0 bridgehead atoms. The summed E-state index contributed by atoms with van der Waals surface area (Å²) in [4.78, 5) is 11.6. The van der Waals surface area contributed by atoms with Crippen molar-refractivity contribution in [1.82, 2.24) is 0 Å². The van der Waals surface area contributed by atoms with Crippen LogP contribution in [0.1, 0.15) is 41.5 Å². The van der Waals surface area contributed by atoms with E-state index in [9.17, 15) is 4.79 Å². The molecule has 1 saturated heterocycles. The topological polar surface area (TPSA) is 44.8 Å². The zero-order valence-electron chi connectivity index (χ0n) is 18.9. The number of rotatable bonds is 6. The summed E-state index contributed by atoms with van der Waals surface area (Å²) in [6, 6.07) is 21.1. The molecule has 1 aliphatic rings. The Balaban J connectivity index is 2.02. The number of hydrogen-bond acceptors (Lipinski definition) is 4. The number of carbonyl (C=O) groups excluding carboxylic acids is 1. The summed E-state index contributed by atoms with van der Waals surface area (Å²) in [5.74, 6) is -0.911. The molecule has 5 heteroatoms. The molecule has 1 fully saturated rings. The largest absolute Gasteiger partial charge is 0.405 e. The van der Waals surface area contributed by atoms with Gasteiger partial charge in [-0.25, -0.2) is 0 Å². The predicted octanol–water partition coefficient (Wildman–Crippen LogP) is 3.92. The van der Waals surface area contributed by atoms with Crippen molar-refractivity contribution in [2.75, 3.05) is 6.61 Å². The third-order valence-corrected chi connectivity index (χ3v) is 11.0. The average molecular weight is 427 g/mol. The Morgan fingerprint density at radius 1 is 0.967 bits per heavy atom. The van der Waals surface area contributed by atoms with Crippen LogP contribution >= 0.6 is 0 Å². The van der Waals surface area contributed by atoms with Crippen molar-refractivity contribution in [1.29, 1.82) is 0 Å². The van der Waals surface area contributed by atoms with E-state index in [1.807, 2.05) is 32.9 Å². The third kappa shape index (κ3) is 4.44. The molecule has 162 valence electrons. The molecule has 3 atom stereocenters. The highest BCUT2D eigenvalue weighted by molar-refractivity contribution is 6.99. The Labute approximate surface area is 181 Å². The first-order valence-corrected chi connectivity index (χ1v) is 12.6. The van der Waals surface area contributed by atoms with Crippen LogP contribution in [0, 0.1) is 5.92 Å². The van der Waals surface area contributed by atoms with Gasteiger partial charge >= 0.3 is 0 Å². The second-order valence-corrected chi connectivity index (χ2v) is 13.9. The van der Waals surface area contributed by atoms with E-state index in [-0.39, 0.29) is 17.1 Å². The van der Waals surface area contributed by atoms with Crippen molar-refractivity contribution in [3.63, 3.8) is 0 Å². The molecule has 0 amide bonds. The van der Waals surface area contributed by atoms with Crippen LogP contribution in [0.15, 0.2) is 60.7 Å². The van der Waals surface area contributed by atoms with Gasteiger partial charge in [-0.05, 0) is 29.3 Å². The smallest absolute Gasteiger partial charge is 0.261 e. The first-order chi connectivity index (χ1) is 14.1. The maximum absolute atomic E-state index is 11.6. The Kier molecular flexibility index (Phi) is 6.68. The van der Waals surface area contributed by atoms with Crippen LogP contribution < -0.4 is 10.4 Å². The van der Waals surface area contributed by atoms with Crippen LogP contribution in [0.3, 0.4) is 0 Å². The molecule has 0 radical (unpaired) electrons.